The van der Waals surface area contributed by atoms with Crippen LogP contribution in [0.4, 0.5) is 0 Å². The summed E-state index contributed by atoms with van der Waals surface area (Å²) in [5.74, 6) is -0.369. The van der Waals surface area contributed by atoms with Crippen molar-refractivity contribution in [1.82, 2.24) is 9.78 Å². The Kier molecular flexibility index (Phi) is 1.71. The quantitative estimate of drug-likeness (QED) is 0.610. The van der Waals surface area contributed by atoms with Gasteiger partial charge in [-0.2, -0.15) is 5.10 Å². The molecule has 0 aliphatic carbocycles. The second kappa shape index (κ2) is 2.51. The zero-order valence-electron chi connectivity index (χ0n) is 5.74. The van der Waals surface area contributed by atoms with Gasteiger partial charge in [-0.25, -0.2) is 0 Å². The molecule has 0 saturated heterocycles. The standard InChI is InChI=1S/C6H9N3O/c1-5-2-3-8-9(5)4-6(7)10/h2-3H,4H2,1H3,(H2,7,10). The van der Waals surface area contributed by atoms with Crippen LogP contribution in [-0.4, -0.2) is 15.7 Å². The van der Waals surface area contributed by atoms with E-state index in [0.717, 1.165) is 5.69 Å². The van der Waals surface area contributed by atoms with Crippen molar-refractivity contribution in [3.05, 3.63) is 18.0 Å². The lowest BCUT2D eigenvalue weighted by molar-refractivity contribution is -0.118. The zero-order chi connectivity index (χ0) is 7.56. The molecule has 1 rings (SSSR count). The molecule has 0 aliphatic heterocycles. The molecule has 0 fully saturated rings. The van der Waals surface area contributed by atoms with Crippen LogP contribution in [0.25, 0.3) is 0 Å². The van der Waals surface area contributed by atoms with Crippen LogP contribution in [0.2, 0.25) is 0 Å². The van der Waals surface area contributed by atoms with Crippen LogP contribution in [0.3, 0.4) is 0 Å². The average molecular weight is 139 g/mol. The highest BCUT2D eigenvalue weighted by Crippen LogP contribution is 1.93. The van der Waals surface area contributed by atoms with E-state index in [0.29, 0.717) is 0 Å². The molecule has 1 aromatic rings. The predicted molar refractivity (Wildman–Crippen MR) is 36.2 cm³/mol. The first-order valence-electron chi connectivity index (χ1n) is 2.97. The lowest BCUT2D eigenvalue weighted by atomic mass is 10.5. The van der Waals surface area contributed by atoms with Crippen molar-refractivity contribution >= 4 is 5.91 Å². The molecule has 2 N–H and O–H groups in total. The summed E-state index contributed by atoms with van der Waals surface area (Å²) in [5.41, 5.74) is 5.90. The highest BCUT2D eigenvalue weighted by molar-refractivity contribution is 5.73. The van der Waals surface area contributed by atoms with Crippen molar-refractivity contribution < 1.29 is 4.79 Å². The number of hydrogen-bond donors (Lipinski definition) is 1. The van der Waals surface area contributed by atoms with Gasteiger partial charge in [0.05, 0.1) is 0 Å². The minimum atomic E-state index is -0.369. The second-order valence-corrected chi connectivity index (χ2v) is 2.10. The molecule has 4 nitrogen and oxygen atoms in total. The Balaban J connectivity index is 2.74. The lowest BCUT2D eigenvalue weighted by Crippen LogP contribution is -2.20. The van der Waals surface area contributed by atoms with Crippen LogP contribution in [0.5, 0.6) is 0 Å². The Morgan fingerprint density at radius 2 is 2.60 bits per heavy atom. The SMILES string of the molecule is Cc1ccnn1CC(N)=O. The molecule has 0 aliphatic rings. The Bertz CT molecular complexity index is 241. The number of aryl methyl sites for hydroxylation is 1. The summed E-state index contributed by atoms with van der Waals surface area (Å²) in [6.07, 6.45) is 1.64. The van der Waals surface area contributed by atoms with E-state index in [1.54, 1.807) is 10.9 Å². The number of carbonyl (C=O) groups is 1. The van der Waals surface area contributed by atoms with Crippen LogP contribution in [0.1, 0.15) is 5.69 Å². The normalized spacial score (nSPS) is 9.70. The van der Waals surface area contributed by atoms with Crippen molar-refractivity contribution in [1.29, 1.82) is 0 Å². The van der Waals surface area contributed by atoms with Gasteiger partial charge in [0.2, 0.25) is 5.91 Å². The third-order valence-corrected chi connectivity index (χ3v) is 1.23. The summed E-state index contributed by atoms with van der Waals surface area (Å²) >= 11 is 0. The van der Waals surface area contributed by atoms with Crippen LogP contribution in [0, 0.1) is 6.92 Å². The summed E-state index contributed by atoms with van der Waals surface area (Å²) in [5, 5.41) is 3.87. The largest absolute Gasteiger partial charge is 0.368 e. The molecule has 4 heteroatoms. The fourth-order valence-corrected chi connectivity index (χ4v) is 0.712. The minimum Gasteiger partial charge on any atom is -0.368 e. The number of aromatic nitrogens is 2. The molecule has 0 aromatic carbocycles. The van der Waals surface area contributed by atoms with Gasteiger partial charge >= 0.3 is 0 Å². The number of nitrogens with two attached hydrogens (primary N) is 1. The van der Waals surface area contributed by atoms with E-state index in [1.807, 2.05) is 13.0 Å². The minimum absolute atomic E-state index is 0.166. The maximum absolute atomic E-state index is 10.4. The topological polar surface area (TPSA) is 60.9 Å². The van der Waals surface area contributed by atoms with Gasteiger partial charge in [0.25, 0.3) is 0 Å². The van der Waals surface area contributed by atoms with Crippen LogP contribution in [0.15, 0.2) is 12.3 Å². The lowest BCUT2D eigenvalue weighted by Gasteiger charge is -1.97. The predicted octanol–water partition coefficient (Wildman–Crippen LogP) is -0.323. The number of nitrogens with zero attached hydrogens (tertiary/aromatic N) is 2. The van der Waals surface area contributed by atoms with Gasteiger partial charge in [-0.05, 0) is 13.0 Å². The Labute approximate surface area is 58.6 Å². The van der Waals surface area contributed by atoms with E-state index in [9.17, 15) is 4.79 Å². The molecule has 0 radical (unpaired) electrons. The first-order valence-corrected chi connectivity index (χ1v) is 2.97. The molecule has 0 atom stereocenters. The van der Waals surface area contributed by atoms with Crippen LogP contribution >= 0.6 is 0 Å². The van der Waals surface area contributed by atoms with Gasteiger partial charge in [-0.3, -0.25) is 9.48 Å². The van der Waals surface area contributed by atoms with Crippen molar-refractivity contribution in [3.63, 3.8) is 0 Å². The summed E-state index contributed by atoms with van der Waals surface area (Å²) in [7, 11) is 0. The van der Waals surface area contributed by atoms with Gasteiger partial charge in [0, 0.05) is 11.9 Å². The van der Waals surface area contributed by atoms with E-state index < -0.39 is 0 Å². The highest BCUT2D eigenvalue weighted by atomic mass is 16.1. The molecule has 0 unspecified atom stereocenters. The number of amides is 1. The fraction of sp³-hybridized carbons (Fsp3) is 0.333. The van der Waals surface area contributed by atoms with E-state index in [4.69, 9.17) is 5.73 Å². The average Bonchev–Trinajstić information content (AvgIpc) is 2.15. The monoisotopic (exact) mass is 139 g/mol. The van der Waals surface area contributed by atoms with Crippen molar-refractivity contribution in [2.24, 2.45) is 5.73 Å². The van der Waals surface area contributed by atoms with Gasteiger partial charge < -0.3 is 5.73 Å². The summed E-state index contributed by atoms with van der Waals surface area (Å²) in [6.45, 7) is 2.04. The van der Waals surface area contributed by atoms with Crippen LogP contribution in [-0.2, 0) is 11.3 Å². The Hall–Kier alpha value is -1.32. The number of hydrogen-bond acceptors (Lipinski definition) is 2. The molecular formula is C6H9N3O. The molecular weight excluding hydrogens is 130 g/mol. The first-order chi connectivity index (χ1) is 4.70. The van der Waals surface area contributed by atoms with Gasteiger partial charge in [-0.15, -0.1) is 0 Å². The Morgan fingerprint density at radius 3 is 3.00 bits per heavy atom. The number of primary amides is 1. The first kappa shape index (κ1) is 6.80. The number of carbonyl (C=O) groups excluding carboxylic acids is 1. The maximum Gasteiger partial charge on any atom is 0.239 e. The van der Waals surface area contributed by atoms with Gasteiger partial charge in [-0.1, -0.05) is 0 Å². The maximum atomic E-state index is 10.4. The van der Waals surface area contributed by atoms with Crippen molar-refractivity contribution in [2.45, 2.75) is 13.5 Å². The summed E-state index contributed by atoms with van der Waals surface area (Å²) < 4.78 is 1.56. The fourth-order valence-electron chi connectivity index (χ4n) is 0.712. The third kappa shape index (κ3) is 1.34. The molecule has 1 aromatic heterocycles. The smallest absolute Gasteiger partial charge is 0.239 e. The molecule has 1 amide bonds. The van der Waals surface area contributed by atoms with Crippen molar-refractivity contribution in [2.75, 3.05) is 0 Å². The van der Waals surface area contributed by atoms with Gasteiger partial charge in [0.1, 0.15) is 6.54 Å². The van der Waals surface area contributed by atoms with Gasteiger partial charge in [0.15, 0.2) is 0 Å². The highest BCUT2D eigenvalue weighted by Gasteiger charge is 1.98. The Morgan fingerprint density at radius 1 is 1.90 bits per heavy atom. The van der Waals surface area contributed by atoms with Crippen molar-refractivity contribution in [3.8, 4) is 0 Å². The van der Waals surface area contributed by atoms with E-state index in [-0.39, 0.29) is 12.5 Å². The molecule has 54 valence electrons. The summed E-state index contributed by atoms with van der Waals surface area (Å²) in [6, 6.07) is 1.82. The molecule has 0 saturated carbocycles. The van der Waals surface area contributed by atoms with E-state index >= 15 is 0 Å². The second-order valence-electron chi connectivity index (χ2n) is 2.10. The van der Waals surface area contributed by atoms with Crippen LogP contribution < -0.4 is 5.73 Å². The zero-order valence-corrected chi connectivity index (χ0v) is 5.74. The number of rotatable bonds is 2. The molecule has 10 heavy (non-hydrogen) atoms. The molecule has 0 spiro atoms. The third-order valence-electron chi connectivity index (χ3n) is 1.23. The molecule has 0 bridgehead atoms. The molecule has 1 heterocycles. The summed E-state index contributed by atoms with van der Waals surface area (Å²) in [4.78, 5) is 10.4. The van der Waals surface area contributed by atoms with E-state index in [1.165, 1.54) is 0 Å². The van der Waals surface area contributed by atoms with E-state index in [2.05, 4.69) is 5.10 Å².